The Morgan fingerprint density at radius 3 is 2.88 bits per heavy atom. The van der Waals surface area contributed by atoms with Crippen LogP contribution in [0.15, 0.2) is 0 Å². The fraction of sp³-hybridized carbons (Fsp3) is 0.750. The summed E-state index contributed by atoms with van der Waals surface area (Å²) in [4.78, 5) is 18.5. The van der Waals surface area contributed by atoms with Gasteiger partial charge in [0.05, 0.1) is 13.0 Å². The number of hydrogen-bond donors (Lipinski definition) is 1. The Morgan fingerprint density at radius 1 is 1.88 bits per heavy atom. The molecule has 4 nitrogen and oxygen atoms in total. The van der Waals surface area contributed by atoms with Gasteiger partial charge in [-0.3, -0.25) is 4.89 Å². The Balaban J connectivity index is 2.32. The average Bonchev–Trinajstić information content (AvgIpc) is 2.14. The molecule has 0 aliphatic carbocycles. The van der Waals surface area contributed by atoms with Gasteiger partial charge in [-0.15, -0.1) is 0 Å². The van der Waals surface area contributed by atoms with Crippen LogP contribution in [0.4, 0.5) is 0 Å². The van der Waals surface area contributed by atoms with Gasteiger partial charge in [-0.2, -0.15) is 4.89 Å². The summed E-state index contributed by atoms with van der Waals surface area (Å²) in [5.74, 6) is -0.413. The summed E-state index contributed by atoms with van der Waals surface area (Å²) < 4.78 is 0. The molecule has 1 aliphatic rings. The van der Waals surface area contributed by atoms with E-state index in [-0.39, 0.29) is 13.0 Å². The van der Waals surface area contributed by atoms with Crippen molar-refractivity contribution in [3.05, 3.63) is 0 Å². The number of aliphatic hydroxyl groups excluding tert-OH is 1. The van der Waals surface area contributed by atoms with Gasteiger partial charge in [0.25, 0.3) is 0 Å². The highest BCUT2D eigenvalue weighted by Gasteiger charge is 2.24. The molecular formula is C4H6O4. The van der Waals surface area contributed by atoms with Crippen LogP contribution in [0.25, 0.3) is 0 Å². The van der Waals surface area contributed by atoms with Crippen molar-refractivity contribution < 1.29 is 19.7 Å². The molecule has 1 fully saturated rings. The predicted molar refractivity (Wildman–Crippen MR) is 22.7 cm³/mol. The molecule has 1 rings (SSSR count). The van der Waals surface area contributed by atoms with E-state index in [0.29, 0.717) is 0 Å². The summed E-state index contributed by atoms with van der Waals surface area (Å²) in [5, 5.41) is 8.33. The molecule has 0 amide bonds. The number of carbonyl (C=O) groups excluding carboxylic acids is 1. The highest BCUT2D eigenvalue weighted by molar-refractivity contribution is 5.70. The maximum absolute atomic E-state index is 10.2. The smallest absolute Gasteiger partial charge is 0.345 e. The second-order valence-corrected chi connectivity index (χ2v) is 1.56. The summed E-state index contributed by atoms with van der Waals surface area (Å²) in [5.41, 5.74) is 0. The van der Waals surface area contributed by atoms with Crippen LogP contribution in [-0.4, -0.2) is 23.8 Å². The van der Waals surface area contributed by atoms with Gasteiger partial charge in [0.1, 0.15) is 6.10 Å². The fourth-order valence-corrected chi connectivity index (χ4v) is 0.471. The predicted octanol–water partition coefficient (Wildman–Crippen LogP) is -0.774. The van der Waals surface area contributed by atoms with Crippen LogP contribution in [0.5, 0.6) is 0 Å². The Hall–Kier alpha value is -0.610. The van der Waals surface area contributed by atoms with Crippen LogP contribution in [0.1, 0.15) is 6.42 Å². The van der Waals surface area contributed by atoms with E-state index in [4.69, 9.17) is 5.11 Å². The Labute approximate surface area is 45.9 Å². The molecule has 0 aromatic rings. The number of hydrogen-bond acceptors (Lipinski definition) is 4. The Kier molecular flexibility index (Phi) is 1.45. The maximum atomic E-state index is 10.2. The van der Waals surface area contributed by atoms with E-state index >= 15 is 0 Å². The zero-order chi connectivity index (χ0) is 5.98. The molecule has 1 unspecified atom stereocenters. The Morgan fingerprint density at radius 2 is 2.62 bits per heavy atom. The van der Waals surface area contributed by atoms with Crippen molar-refractivity contribution in [1.29, 1.82) is 0 Å². The standard InChI is InChI=1S/C4H6O4/c5-2-3-1-4(6)8-7-3/h3,5H,1-2H2. The molecule has 4 heteroatoms. The third-order valence-electron chi connectivity index (χ3n) is 0.875. The van der Waals surface area contributed by atoms with Crippen molar-refractivity contribution >= 4 is 5.97 Å². The summed E-state index contributed by atoms with van der Waals surface area (Å²) in [6.45, 7) is -0.161. The minimum absolute atomic E-state index is 0.161. The van der Waals surface area contributed by atoms with E-state index in [1.54, 1.807) is 0 Å². The van der Waals surface area contributed by atoms with Gasteiger partial charge in [-0.1, -0.05) is 0 Å². The van der Waals surface area contributed by atoms with E-state index in [0.717, 1.165) is 0 Å². The van der Waals surface area contributed by atoms with E-state index in [1.165, 1.54) is 0 Å². The summed E-state index contributed by atoms with van der Waals surface area (Å²) in [6.07, 6.45) is -0.279. The third-order valence-corrected chi connectivity index (χ3v) is 0.875. The average molecular weight is 118 g/mol. The summed E-state index contributed by atoms with van der Waals surface area (Å²) in [7, 11) is 0. The molecule has 0 saturated carbocycles. The van der Waals surface area contributed by atoms with Crippen molar-refractivity contribution in [1.82, 2.24) is 0 Å². The molecule has 0 aromatic carbocycles. The molecule has 1 saturated heterocycles. The number of aliphatic hydroxyl groups is 1. The van der Waals surface area contributed by atoms with Gasteiger partial charge in [-0.25, -0.2) is 4.79 Å². The van der Waals surface area contributed by atoms with Crippen LogP contribution in [-0.2, 0) is 14.6 Å². The molecule has 1 N–H and O–H groups in total. The lowest BCUT2D eigenvalue weighted by molar-refractivity contribution is -0.265. The molecule has 1 atom stereocenters. The van der Waals surface area contributed by atoms with Gasteiger partial charge in [0.15, 0.2) is 0 Å². The van der Waals surface area contributed by atoms with Gasteiger partial charge in [0, 0.05) is 0 Å². The number of carbonyl (C=O) groups is 1. The third kappa shape index (κ3) is 0.962. The molecule has 0 aromatic heterocycles. The first-order valence-electron chi connectivity index (χ1n) is 2.30. The van der Waals surface area contributed by atoms with E-state index in [2.05, 4.69) is 9.78 Å². The topological polar surface area (TPSA) is 55.8 Å². The highest BCUT2D eigenvalue weighted by atomic mass is 17.2. The fourth-order valence-electron chi connectivity index (χ4n) is 0.471. The zero-order valence-electron chi connectivity index (χ0n) is 4.16. The number of rotatable bonds is 1. The zero-order valence-corrected chi connectivity index (χ0v) is 4.16. The lowest BCUT2D eigenvalue weighted by Crippen LogP contribution is -2.09. The van der Waals surface area contributed by atoms with Crippen molar-refractivity contribution in [3.8, 4) is 0 Å². The van der Waals surface area contributed by atoms with Gasteiger partial charge >= 0.3 is 5.97 Å². The normalized spacial score (nSPS) is 28.1. The molecule has 8 heavy (non-hydrogen) atoms. The minimum Gasteiger partial charge on any atom is -0.393 e. The molecule has 0 spiro atoms. The highest BCUT2D eigenvalue weighted by Crippen LogP contribution is 2.08. The van der Waals surface area contributed by atoms with Crippen molar-refractivity contribution in [3.63, 3.8) is 0 Å². The first kappa shape index (κ1) is 5.53. The van der Waals surface area contributed by atoms with Crippen molar-refractivity contribution in [2.45, 2.75) is 12.5 Å². The largest absolute Gasteiger partial charge is 0.393 e. The van der Waals surface area contributed by atoms with Gasteiger partial charge in [0.2, 0.25) is 0 Å². The van der Waals surface area contributed by atoms with Gasteiger partial charge in [-0.05, 0) is 0 Å². The molecule has 1 heterocycles. The Bertz CT molecular complexity index is 100. The monoisotopic (exact) mass is 118 g/mol. The second kappa shape index (κ2) is 2.11. The molecular weight excluding hydrogens is 112 g/mol. The van der Waals surface area contributed by atoms with Crippen molar-refractivity contribution in [2.24, 2.45) is 0 Å². The molecule has 46 valence electrons. The molecule has 0 radical (unpaired) electrons. The van der Waals surface area contributed by atoms with Gasteiger partial charge < -0.3 is 5.11 Å². The van der Waals surface area contributed by atoms with Crippen LogP contribution in [0.3, 0.4) is 0 Å². The minimum atomic E-state index is -0.442. The quantitative estimate of drug-likeness (QED) is 0.459. The summed E-state index contributed by atoms with van der Waals surface area (Å²) >= 11 is 0. The maximum Gasteiger partial charge on any atom is 0.345 e. The molecule has 0 bridgehead atoms. The van der Waals surface area contributed by atoms with Crippen molar-refractivity contribution in [2.75, 3.05) is 6.61 Å². The van der Waals surface area contributed by atoms with E-state index < -0.39 is 12.1 Å². The SMILES string of the molecule is O=C1CC(CO)OO1. The molecule has 1 aliphatic heterocycles. The summed E-state index contributed by atoms with van der Waals surface area (Å²) in [6, 6.07) is 0. The van der Waals surface area contributed by atoms with Crippen LogP contribution < -0.4 is 0 Å². The van der Waals surface area contributed by atoms with Crippen LogP contribution >= 0.6 is 0 Å². The van der Waals surface area contributed by atoms with Crippen LogP contribution in [0.2, 0.25) is 0 Å². The van der Waals surface area contributed by atoms with E-state index in [9.17, 15) is 4.79 Å². The lowest BCUT2D eigenvalue weighted by Gasteiger charge is -1.94. The first-order chi connectivity index (χ1) is 3.83. The second-order valence-electron chi connectivity index (χ2n) is 1.56. The van der Waals surface area contributed by atoms with Crippen LogP contribution in [0, 0.1) is 0 Å². The lowest BCUT2D eigenvalue weighted by atomic mass is 10.3. The first-order valence-corrected chi connectivity index (χ1v) is 2.30. The van der Waals surface area contributed by atoms with E-state index in [1.807, 2.05) is 0 Å².